The van der Waals surface area contributed by atoms with E-state index in [4.69, 9.17) is 4.52 Å². The summed E-state index contributed by atoms with van der Waals surface area (Å²) < 4.78 is 5.20. The Morgan fingerprint density at radius 2 is 1.77 bits per heavy atom. The van der Waals surface area contributed by atoms with Gasteiger partial charge in [-0.05, 0) is 13.0 Å². The summed E-state index contributed by atoms with van der Waals surface area (Å²) in [5.74, 6) is 1.52. The van der Waals surface area contributed by atoms with E-state index in [0.29, 0.717) is 17.9 Å². The zero-order chi connectivity index (χ0) is 14.9. The molecule has 0 saturated carbocycles. The fourth-order valence-electron chi connectivity index (χ4n) is 3.00. The van der Waals surface area contributed by atoms with Gasteiger partial charge >= 0.3 is 6.01 Å². The van der Waals surface area contributed by atoms with Crippen molar-refractivity contribution in [2.75, 3.05) is 49.1 Å². The smallest absolute Gasteiger partial charge is 0.324 e. The molecule has 2 aromatic rings. The fraction of sp³-hybridized carbons (Fsp3) is 0.571. The molecule has 2 aliphatic heterocycles. The number of hydrogen-bond donors (Lipinski definition) is 0. The van der Waals surface area contributed by atoms with Gasteiger partial charge in [-0.15, -0.1) is 0 Å². The van der Waals surface area contributed by atoms with Crippen molar-refractivity contribution in [3.63, 3.8) is 0 Å². The first kappa shape index (κ1) is 13.4. The van der Waals surface area contributed by atoms with Gasteiger partial charge in [0.05, 0.1) is 0 Å². The molecule has 8 nitrogen and oxygen atoms in total. The summed E-state index contributed by atoms with van der Waals surface area (Å²) in [6, 6.07) is 3.07. The lowest BCUT2D eigenvalue weighted by atomic mass is 10.1. The lowest BCUT2D eigenvalue weighted by Crippen LogP contribution is -2.63. The van der Waals surface area contributed by atoms with E-state index in [2.05, 4.69) is 34.8 Å². The molecule has 2 aliphatic rings. The van der Waals surface area contributed by atoms with Gasteiger partial charge < -0.3 is 14.3 Å². The summed E-state index contributed by atoms with van der Waals surface area (Å²) in [5.41, 5.74) is 0. The molecular formula is C14H19N7O. The normalized spacial score (nSPS) is 20.2. The van der Waals surface area contributed by atoms with Crippen LogP contribution in [-0.4, -0.2) is 70.3 Å². The molecule has 22 heavy (non-hydrogen) atoms. The van der Waals surface area contributed by atoms with E-state index in [1.54, 1.807) is 12.4 Å². The van der Waals surface area contributed by atoms with Gasteiger partial charge in [0.1, 0.15) is 0 Å². The Morgan fingerprint density at radius 3 is 2.41 bits per heavy atom. The van der Waals surface area contributed by atoms with Crippen molar-refractivity contribution < 1.29 is 4.52 Å². The molecule has 0 N–H and O–H groups in total. The third-order valence-corrected chi connectivity index (χ3v) is 4.32. The van der Waals surface area contributed by atoms with Crippen LogP contribution >= 0.6 is 0 Å². The molecule has 0 aromatic carbocycles. The Labute approximate surface area is 128 Å². The van der Waals surface area contributed by atoms with Crippen LogP contribution in [0.4, 0.5) is 12.0 Å². The summed E-state index contributed by atoms with van der Waals surface area (Å²) >= 11 is 0. The second-order valence-electron chi connectivity index (χ2n) is 5.75. The van der Waals surface area contributed by atoms with Gasteiger partial charge in [-0.3, -0.25) is 4.90 Å². The molecule has 8 heteroatoms. The minimum Gasteiger partial charge on any atom is -0.338 e. The Morgan fingerprint density at radius 1 is 1.05 bits per heavy atom. The van der Waals surface area contributed by atoms with Crippen molar-refractivity contribution >= 4 is 12.0 Å². The number of aromatic nitrogens is 4. The number of anilines is 2. The summed E-state index contributed by atoms with van der Waals surface area (Å²) in [6.45, 7) is 7.79. The minimum atomic E-state index is 0.575. The number of piperazine rings is 1. The van der Waals surface area contributed by atoms with E-state index in [1.807, 2.05) is 13.0 Å². The van der Waals surface area contributed by atoms with Gasteiger partial charge in [0.2, 0.25) is 5.95 Å². The first-order valence-electron chi connectivity index (χ1n) is 7.61. The molecular weight excluding hydrogens is 282 g/mol. The Balaban J connectivity index is 1.29. The average molecular weight is 301 g/mol. The molecule has 0 atom stereocenters. The van der Waals surface area contributed by atoms with Crippen molar-refractivity contribution in [3.05, 3.63) is 24.3 Å². The molecule has 0 amide bonds. The minimum absolute atomic E-state index is 0.575. The predicted octanol–water partition coefficient (Wildman–Crippen LogP) is 0.179. The monoisotopic (exact) mass is 301 g/mol. The Kier molecular flexibility index (Phi) is 3.38. The number of aryl methyl sites for hydroxylation is 1. The van der Waals surface area contributed by atoms with Crippen LogP contribution in [0.3, 0.4) is 0 Å². The molecule has 4 heterocycles. The van der Waals surface area contributed by atoms with Gasteiger partial charge in [-0.25, -0.2) is 9.97 Å². The van der Waals surface area contributed by atoms with Gasteiger partial charge in [-0.2, -0.15) is 4.98 Å². The second kappa shape index (κ2) is 5.53. The van der Waals surface area contributed by atoms with Crippen LogP contribution in [0.15, 0.2) is 23.0 Å². The highest BCUT2D eigenvalue weighted by Gasteiger charge is 2.36. The molecule has 4 rings (SSSR count). The first-order valence-corrected chi connectivity index (χ1v) is 7.61. The van der Waals surface area contributed by atoms with Crippen LogP contribution in [0.2, 0.25) is 0 Å². The number of rotatable bonds is 3. The predicted molar refractivity (Wildman–Crippen MR) is 80.9 cm³/mol. The van der Waals surface area contributed by atoms with Crippen molar-refractivity contribution in [2.24, 2.45) is 0 Å². The molecule has 0 unspecified atom stereocenters. The van der Waals surface area contributed by atoms with Gasteiger partial charge in [0.25, 0.3) is 0 Å². The maximum absolute atomic E-state index is 5.20. The summed E-state index contributed by atoms with van der Waals surface area (Å²) in [6.07, 6.45) is 3.59. The molecule has 0 radical (unpaired) electrons. The Hall–Kier alpha value is -2.22. The van der Waals surface area contributed by atoms with Crippen LogP contribution in [0.25, 0.3) is 0 Å². The van der Waals surface area contributed by atoms with E-state index in [-0.39, 0.29) is 0 Å². The fourth-order valence-corrected chi connectivity index (χ4v) is 3.00. The van der Waals surface area contributed by atoms with E-state index in [0.717, 1.165) is 45.2 Å². The highest BCUT2D eigenvalue weighted by molar-refractivity contribution is 5.33. The number of nitrogens with zero attached hydrogens (tertiary/aromatic N) is 7. The number of hydrogen-bond acceptors (Lipinski definition) is 8. The average Bonchev–Trinajstić information content (AvgIpc) is 2.94. The van der Waals surface area contributed by atoms with Crippen LogP contribution in [0.1, 0.15) is 5.82 Å². The van der Waals surface area contributed by atoms with Gasteiger partial charge in [-0.1, -0.05) is 5.16 Å². The van der Waals surface area contributed by atoms with Crippen LogP contribution in [0, 0.1) is 6.92 Å². The lowest BCUT2D eigenvalue weighted by Gasteiger charge is -2.47. The topological polar surface area (TPSA) is 74.4 Å². The molecule has 2 fully saturated rings. The molecule has 0 bridgehead atoms. The molecule has 2 saturated heterocycles. The van der Waals surface area contributed by atoms with E-state index in [1.165, 1.54) is 0 Å². The third-order valence-electron chi connectivity index (χ3n) is 4.32. The van der Waals surface area contributed by atoms with E-state index >= 15 is 0 Å². The molecule has 0 spiro atoms. The second-order valence-corrected chi connectivity index (χ2v) is 5.75. The Bertz CT molecular complexity index is 617. The lowest BCUT2D eigenvalue weighted by molar-refractivity contribution is 0.151. The maximum Gasteiger partial charge on any atom is 0.324 e. The van der Waals surface area contributed by atoms with Crippen LogP contribution in [-0.2, 0) is 0 Å². The highest BCUT2D eigenvalue weighted by atomic mass is 16.5. The SMILES string of the molecule is Cc1noc(N2CC(N3CCN(c4ncccn4)CC3)C2)n1. The van der Waals surface area contributed by atoms with Gasteiger partial charge in [0, 0.05) is 57.7 Å². The van der Waals surface area contributed by atoms with Crippen molar-refractivity contribution in [1.82, 2.24) is 25.0 Å². The van der Waals surface area contributed by atoms with Crippen molar-refractivity contribution in [3.8, 4) is 0 Å². The zero-order valence-corrected chi connectivity index (χ0v) is 12.6. The van der Waals surface area contributed by atoms with Crippen LogP contribution in [0.5, 0.6) is 0 Å². The van der Waals surface area contributed by atoms with Crippen LogP contribution < -0.4 is 9.80 Å². The summed E-state index contributed by atoms with van der Waals surface area (Å²) in [4.78, 5) is 19.8. The standard InChI is InChI=1S/C14H19N7O/c1-11-17-14(22-18-11)21-9-12(10-21)19-5-7-20(8-6-19)13-15-3-2-4-16-13/h2-4,12H,5-10H2,1H3. The third kappa shape index (κ3) is 2.50. The first-order chi connectivity index (χ1) is 10.8. The van der Waals surface area contributed by atoms with E-state index < -0.39 is 0 Å². The summed E-state index contributed by atoms with van der Waals surface area (Å²) in [7, 11) is 0. The summed E-state index contributed by atoms with van der Waals surface area (Å²) in [5, 5.41) is 3.84. The highest BCUT2D eigenvalue weighted by Crippen LogP contribution is 2.23. The van der Waals surface area contributed by atoms with Crippen molar-refractivity contribution in [1.29, 1.82) is 0 Å². The van der Waals surface area contributed by atoms with Crippen molar-refractivity contribution in [2.45, 2.75) is 13.0 Å². The largest absolute Gasteiger partial charge is 0.338 e. The van der Waals surface area contributed by atoms with E-state index in [9.17, 15) is 0 Å². The van der Waals surface area contributed by atoms with Gasteiger partial charge in [0.15, 0.2) is 5.82 Å². The maximum atomic E-state index is 5.20. The molecule has 0 aliphatic carbocycles. The molecule has 2 aromatic heterocycles. The quantitative estimate of drug-likeness (QED) is 0.795. The molecule has 116 valence electrons. The zero-order valence-electron chi connectivity index (χ0n) is 12.6.